The summed E-state index contributed by atoms with van der Waals surface area (Å²) in [6.07, 6.45) is 0. The Morgan fingerprint density at radius 2 is 1.47 bits per heavy atom. The standard InChI is InChI=1S/C14H23NO2/c1-9-7-10(16-5)12(11(8-9)17-6)13(15)14(2,3)4/h7-8,13H,15H2,1-6H3/t13-/m0/s1. The van der Waals surface area contributed by atoms with Crippen LogP contribution in [0, 0.1) is 12.3 Å². The molecule has 0 aliphatic heterocycles. The smallest absolute Gasteiger partial charge is 0.127 e. The highest BCUT2D eigenvalue weighted by atomic mass is 16.5. The molecule has 1 aromatic carbocycles. The predicted octanol–water partition coefficient (Wildman–Crippen LogP) is 3.06. The van der Waals surface area contributed by atoms with Crippen molar-refractivity contribution < 1.29 is 9.47 Å². The van der Waals surface area contributed by atoms with Crippen molar-refractivity contribution in [3.05, 3.63) is 23.3 Å². The molecule has 1 aromatic rings. The fourth-order valence-corrected chi connectivity index (χ4v) is 1.81. The molecule has 1 atom stereocenters. The zero-order chi connectivity index (χ0) is 13.2. The molecule has 17 heavy (non-hydrogen) atoms. The van der Waals surface area contributed by atoms with E-state index in [-0.39, 0.29) is 11.5 Å². The van der Waals surface area contributed by atoms with Crippen LogP contribution >= 0.6 is 0 Å². The van der Waals surface area contributed by atoms with Gasteiger partial charge in [0.2, 0.25) is 0 Å². The maximum atomic E-state index is 6.31. The largest absolute Gasteiger partial charge is 0.496 e. The molecule has 2 N–H and O–H groups in total. The minimum absolute atomic E-state index is 0.0458. The fourth-order valence-electron chi connectivity index (χ4n) is 1.81. The maximum absolute atomic E-state index is 6.31. The summed E-state index contributed by atoms with van der Waals surface area (Å²) in [5.74, 6) is 1.59. The first-order valence-electron chi connectivity index (χ1n) is 5.79. The third-order valence-electron chi connectivity index (χ3n) is 2.93. The third-order valence-corrected chi connectivity index (χ3v) is 2.93. The van der Waals surface area contributed by atoms with E-state index in [1.54, 1.807) is 14.2 Å². The Labute approximate surface area is 104 Å². The second kappa shape index (κ2) is 4.96. The van der Waals surface area contributed by atoms with Gasteiger partial charge in [-0.25, -0.2) is 0 Å². The summed E-state index contributed by atoms with van der Waals surface area (Å²) in [5.41, 5.74) is 8.31. The minimum Gasteiger partial charge on any atom is -0.496 e. The SMILES string of the molecule is COc1cc(C)cc(OC)c1[C@H](N)C(C)(C)C. The molecule has 0 saturated carbocycles. The summed E-state index contributed by atoms with van der Waals surface area (Å²) in [4.78, 5) is 0. The lowest BCUT2D eigenvalue weighted by Crippen LogP contribution is -2.27. The van der Waals surface area contributed by atoms with Crippen LogP contribution in [0.3, 0.4) is 0 Å². The van der Waals surface area contributed by atoms with Gasteiger partial charge >= 0.3 is 0 Å². The fraction of sp³-hybridized carbons (Fsp3) is 0.571. The van der Waals surface area contributed by atoms with Gasteiger partial charge in [0.25, 0.3) is 0 Å². The lowest BCUT2D eigenvalue weighted by atomic mass is 9.82. The summed E-state index contributed by atoms with van der Waals surface area (Å²) in [6, 6.07) is 3.85. The topological polar surface area (TPSA) is 44.5 Å². The lowest BCUT2D eigenvalue weighted by Gasteiger charge is -2.30. The van der Waals surface area contributed by atoms with Crippen molar-refractivity contribution >= 4 is 0 Å². The van der Waals surface area contributed by atoms with Crippen LogP contribution in [0.1, 0.15) is 37.9 Å². The van der Waals surface area contributed by atoms with Crippen LogP contribution in [0.2, 0.25) is 0 Å². The Bertz CT molecular complexity index is 369. The van der Waals surface area contributed by atoms with Gasteiger partial charge in [-0.15, -0.1) is 0 Å². The highest BCUT2D eigenvalue weighted by Gasteiger charge is 2.28. The molecule has 1 rings (SSSR count). The Balaban J connectivity index is 3.38. The molecule has 3 heteroatoms. The summed E-state index contributed by atoms with van der Waals surface area (Å²) in [5, 5.41) is 0. The molecule has 0 unspecified atom stereocenters. The molecule has 0 aliphatic carbocycles. The molecule has 0 fully saturated rings. The Hall–Kier alpha value is -1.22. The van der Waals surface area contributed by atoms with Gasteiger partial charge in [0.1, 0.15) is 11.5 Å². The van der Waals surface area contributed by atoms with E-state index < -0.39 is 0 Å². The maximum Gasteiger partial charge on any atom is 0.127 e. The molecular formula is C14H23NO2. The molecule has 0 amide bonds. The quantitative estimate of drug-likeness (QED) is 0.878. The lowest BCUT2D eigenvalue weighted by molar-refractivity contribution is 0.300. The van der Waals surface area contributed by atoms with Gasteiger partial charge in [-0.3, -0.25) is 0 Å². The average molecular weight is 237 g/mol. The molecule has 0 heterocycles. The van der Waals surface area contributed by atoms with E-state index in [4.69, 9.17) is 15.2 Å². The Morgan fingerprint density at radius 3 is 1.76 bits per heavy atom. The Kier molecular flexibility index (Phi) is 4.04. The number of nitrogens with two attached hydrogens (primary N) is 1. The van der Waals surface area contributed by atoms with Crippen molar-refractivity contribution in [1.29, 1.82) is 0 Å². The van der Waals surface area contributed by atoms with Crippen LogP contribution in [0.25, 0.3) is 0 Å². The normalized spacial score (nSPS) is 13.4. The molecule has 0 bridgehead atoms. The van der Waals surface area contributed by atoms with Crippen LogP contribution < -0.4 is 15.2 Å². The van der Waals surface area contributed by atoms with Crippen LogP contribution in [-0.2, 0) is 0 Å². The highest BCUT2D eigenvalue weighted by molar-refractivity contribution is 5.50. The van der Waals surface area contributed by atoms with Crippen molar-refractivity contribution in [3.8, 4) is 11.5 Å². The molecule has 3 nitrogen and oxygen atoms in total. The number of hydrogen-bond acceptors (Lipinski definition) is 3. The van der Waals surface area contributed by atoms with Crippen LogP contribution in [0.15, 0.2) is 12.1 Å². The van der Waals surface area contributed by atoms with Gasteiger partial charge in [0.05, 0.1) is 19.8 Å². The van der Waals surface area contributed by atoms with E-state index in [2.05, 4.69) is 20.8 Å². The van der Waals surface area contributed by atoms with Gasteiger partial charge < -0.3 is 15.2 Å². The third kappa shape index (κ3) is 2.91. The molecule has 0 radical (unpaired) electrons. The van der Waals surface area contributed by atoms with E-state index in [1.165, 1.54) is 0 Å². The van der Waals surface area contributed by atoms with Crippen molar-refractivity contribution in [2.45, 2.75) is 33.7 Å². The number of benzene rings is 1. The number of rotatable bonds is 3. The van der Waals surface area contributed by atoms with Crippen molar-refractivity contribution in [2.75, 3.05) is 14.2 Å². The van der Waals surface area contributed by atoms with Crippen LogP contribution in [0.4, 0.5) is 0 Å². The number of ether oxygens (including phenoxy) is 2. The summed E-state index contributed by atoms with van der Waals surface area (Å²) in [6.45, 7) is 8.33. The highest BCUT2D eigenvalue weighted by Crippen LogP contribution is 2.41. The first-order chi connectivity index (χ1) is 7.81. The van der Waals surface area contributed by atoms with Crippen molar-refractivity contribution in [3.63, 3.8) is 0 Å². The molecule has 0 spiro atoms. The van der Waals surface area contributed by atoms with Gasteiger partial charge in [-0.2, -0.15) is 0 Å². The summed E-state index contributed by atoms with van der Waals surface area (Å²) in [7, 11) is 3.32. The number of hydrogen-bond donors (Lipinski definition) is 1. The molecule has 0 aromatic heterocycles. The second-order valence-corrected chi connectivity index (χ2v) is 5.43. The monoisotopic (exact) mass is 237 g/mol. The first-order valence-corrected chi connectivity index (χ1v) is 5.79. The number of methoxy groups -OCH3 is 2. The Morgan fingerprint density at radius 1 is 1.06 bits per heavy atom. The van der Waals surface area contributed by atoms with E-state index in [9.17, 15) is 0 Å². The second-order valence-electron chi connectivity index (χ2n) is 5.43. The first kappa shape index (κ1) is 13.8. The van der Waals surface area contributed by atoms with E-state index in [1.807, 2.05) is 19.1 Å². The number of aryl methyl sites for hydroxylation is 1. The molecule has 96 valence electrons. The van der Waals surface area contributed by atoms with E-state index >= 15 is 0 Å². The summed E-state index contributed by atoms with van der Waals surface area (Å²) >= 11 is 0. The average Bonchev–Trinajstić information content (AvgIpc) is 2.25. The van der Waals surface area contributed by atoms with Gasteiger partial charge in [0.15, 0.2) is 0 Å². The minimum atomic E-state index is -0.131. The zero-order valence-corrected chi connectivity index (χ0v) is 11.6. The van der Waals surface area contributed by atoms with Gasteiger partial charge in [-0.1, -0.05) is 20.8 Å². The van der Waals surface area contributed by atoms with E-state index in [0.29, 0.717) is 0 Å². The van der Waals surface area contributed by atoms with Crippen molar-refractivity contribution in [1.82, 2.24) is 0 Å². The van der Waals surface area contributed by atoms with Gasteiger partial charge in [-0.05, 0) is 30.0 Å². The van der Waals surface area contributed by atoms with E-state index in [0.717, 1.165) is 22.6 Å². The summed E-state index contributed by atoms with van der Waals surface area (Å²) < 4.78 is 10.8. The predicted molar refractivity (Wildman–Crippen MR) is 70.7 cm³/mol. The molecule has 0 saturated heterocycles. The van der Waals surface area contributed by atoms with Crippen molar-refractivity contribution in [2.24, 2.45) is 11.1 Å². The van der Waals surface area contributed by atoms with Crippen LogP contribution in [-0.4, -0.2) is 14.2 Å². The van der Waals surface area contributed by atoms with Gasteiger partial charge in [0, 0.05) is 6.04 Å². The molecular weight excluding hydrogens is 214 g/mol. The van der Waals surface area contributed by atoms with Crippen LogP contribution in [0.5, 0.6) is 11.5 Å². The molecule has 0 aliphatic rings. The zero-order valence-electron chi connectivity index (χ0n) is 11.6.